The molecular weight excluding hydrogens is 376 g/mol. The van der Waals surface area contributed by atoms with Crippen molar-refractivity contribution in [2.45, 2.75) is 39.2 Å². The minimum absolute atomic E-state index is 0.00675. The molecule has 1 aromatic carbocycles. The Hall–Kier alpha value is -1.73. The van der Waals surface area contributed by atoms with E-state index in [1.54, 1.807) is 0 Å². The van der Waals surface area contributed by atoms with Gasteiger partial charge in [0, 0.05) is 17.1 Å². The summed E-state index contributed by atoms with van der Waals surface area (Å²) in [5, 5.41) is 5.56. The highest BCUT2D eigenvalue weighted by Crippen LogP contribution is 2.20. The minimum Gasteiger partial charge on any atom is -0.352 e. The summed E-state index contributed by atoms with van der Waals surface area (Å²) in [6, 6.07) is 1.95. The molecule has 0 spiro atoms. The molecule has 0 atom stereocenters. The number of hydrogen-bond acceptors (Lipinski definition) is 3. The zero-order valence-electron chi connectivity index (χ0n) is 15.9. The van der Waals surface area contributed by atoms with E-state index in [-0.39, 0.29) is 22.4 Å². The normalized spacial score (nSPS) is 16.2. The van der Waals surface area contributed by atoms with Crippen LogP contribution >= 0.6 is 11.6 Å². The highest BCUT2D eigenvalue weighted by atomic mass is 35.5. The molecule has 5 nitrogen and oxygen atoms in total. The molecule has 0 unspecified atom stereocenters. The Balaban J connectivity index is 1.78. The van der Waals surface area contributed by atoms with Crippen LogP contribution in [0.15, 0.2) is 12.1 Å². The number of nitrogens with zero attached hydrogens (tertiary/aromatic N) is 1. The van der Waals surface area contributed by atoms with Gasteiger partial charge in [0.1, 0.15) is 0 Å². The van der Waals surface area contributed by atoms with Crippen LogP contribution in [-0.4, -0.2) is 48.4 Å². The quantitative estimate of drug-likeness (QED) is 0.746. The van der Waals surface area contributed by atoms with Gasteiger partial charge in [-0.1, -0.05) is 11.6 Å². The van der Waals surface area contributed by atoms with Gasteiger partial charge in [0.2, 0.25) is 5.91 Å². The first kappa shape index (κ1) is 21.6. The van der Waals surface area contributed by atoms with Crippen molar-refractivity contribution in [1.82, 2.24) is 15.5 Å². The van der Waals surface area contributed by atoms with Crippen molar-refractivity contribution in [3.63, 3.8) is 0 Å². The Bertz CT molecular complexity index is 699. The summed E-state index contributed by atoms with van der Waals surface area (Å²) in [5.41, 5.74) is -0.648. The number of halogens is 3. The predicted molar refractivity (Wildman–Crippen MR) is 101 cm³/mol. The molecule has 8 heteroatoms. The van der Waals surface area contributed by atoms with Crippen molar-refractivity contribution in [2.75, 3.05) is 26.2 Å². The number of likely N-dealkylation sites (tertiary alicyclic amines) is 1. The van der Waals surface area contributed by atoms with Crippen LogP contribution in [0.5, 0.6) is 0 Å². The number of amides is 2. The zero-order chi connectivity index (χ0) is 20.2. The lowest BCUT2D eigenvalue weighted by molar-refractivity contribution is -0.124. The molecule has 0 bridgehead atoms. The molecular formula is C19H26ClF2N3O2. The number of benzene rings is 1. The van der Waals surface area contributed by atoms with Gasteiger partial charge in [-0.05, 0) is 64.8 Å². The summed E-state index contributed by atoms with van der Waals surface area (Å²) in [6.07, 6.45) is 1.63. The molecule has 1 aliphatic heterocycles. The summed E-state index contributed by atoms with van der Waals surface area (Å²) in [5.74, 6) is -2.80. The van der Waals surface area contributed by atoms with Crippen LogP contribution in [0.3, 0.4) is 0 Å². The van der Waals surface area contributed by atoms with Gasteiger partial charge >= 0.3 is 0 Å². The van der Waals surface area contributed by atoms with Crippen molar-refractivity contribution in [2.24, 2.45) is 5.92 Å². The molecule has 0 aromatic heterocycles. The standard InChI is InChI=1S/C19H26ClF2N3O2/c1-19(2,3)24-16(26)11-25-6-4-12(5-7-25)10-23-18(27)14-8-13(20)9-15(21)17(14)22/h8-9,12H,4-7,10-11H2,1-3H3,(H,23,27)(H,24,26). The average molecular weight is 402 g/mol. The van der Waals surface area contributed by atoms with Gasteiger partial charge < -0.3 is 10.6 Å². The monoisotopic (exact) mass is 401 g/mol. The summed E-state index contributed by atoms with van der Waals surface area (Å²) >= 11 is 5.69. The highest BCUT2D eigenvalue weighted by Gasteiger charge is 2.24. The van der Waals surface area contributed by atoms with Crippen LogP contribution in [0.4, 0.5) is 8.78 Å². The van der Waals surface area contributed by atoms with E-state index in [9.17, 15) is 18.4 Å². The van der Waals surface area contributed by atoms with Gasteiger partial charge in [-0.3, -0.25) is 14.5 Å². The molecule has 27 heavy (non-hydrogen) atoms. The largest absolute Gasteiger partial charge is 0.352 e. The van der Waals surface area contributed by atoms with Crippen LogP contribution in [0.2, 0.25) is 5.02 Å². The Kier molecular flexibility index (Phi) is 7.17. The molecule has 2 rings (SSSR count). The van der Waals surface area contributed by atoms with E-state index in [0.29, 0.717) is 13.1 Å². The first-order valence-electron chi connectivity index (χ1n) is 9.01. The molecule has 1 fully saturated rings. The molecule has 150 valence electrons. The van der Waals surface area contributed by atoms with Crippen molar-refractivity contribution in [1.29, 1.82) is 0 Å². The lowest BCUT2D eigenvalue weighted by atomic mass is 9.96. The third-order valence-corrected chi connectivity index (χ3v) is 4.60. The highest BCUT2D eigenvalue weighted by molar-refractivity contribution is 6.31. The summed E-state index contributed by atoms with van der Waals surface area (Å²) in [7, 11) is 0. The Morgan fingerprint density at radius 1 is 1.22 bits per heavy atom. The van der Waals surface area contributed by atoms with Crippen LogP contribution in [0.1, 0.15) is 44.0 Å². The van der Waals surface area contributed by atoms with Gasteiger partial charge in [-0.15, -0.1) is 0 Å². The summed E-state index contributed by atoms with van der Waals surface area (Å²) in [4.78, 5) is 26.2. The van der Waals surface area contributed by atoms with E-state index in [0.717, 1.165) is 38.1 Å². The number of piperidine rings is 1. The maximum atomic E-state index is 13.7. The summed E-state index contributed by atoms with van der Waals surface area (Å²) in [6.45, 7) is 8.03. The molecule has 0 radical (unpaired) electrons. The molecule has 2 amide bonds. The van der Waals surface area contributed by atoms with Gasteiger partial charge in [-0.25, -0.2) is 8.78 Å². The van der Waals surface area contributed by atoms with E-state index >= 15 is 0 Å². The second-order valence-corrected chi connectivity index (χ2v) is 8.41. The third-order valence-electron chi connectivity index (χ3n) is 4.38. The number of rotatable bonds is 5. The minimum atomic E-state index is -1.20. The lowest BCUT2D eigenvalue weighted by Crippen LogP contribution is -2.48. The molecule has 0 saturated carbocycles. The second-order valence-electron chi connectivity index (χ2n) is 7.98. The van der Waals surface area contributed by atoms with E-state index < -0.39 is 23.1 Å². The van der Waals surface area contributed by atoms with Gasteiger partial charge in [-0.2, -0.15) is 0 Å². The maximum absolute atomic E-state index is 13.7. The fourth-order valence-electron chi connectivity index (χ4n) is 3.06. The first-order chi connectivity index (χ1) is 12.5. The second kappa shape index (κ2) is 8.97. The van der Waals surface area contributed by atoms with Crippen molar-refractivity contribution < 1.29 is 18.4 Å². The smallest absolute Gasteiger partial charge is 0.254 e. The number of hydrogen-bond donors (Lipinski definition) is 2. The van der Waals surface area contributed by atoms with Gasteiger partial charge in [0.15, 0.2) is 11.6 Å². The Morgan fingerprint density at radius 2 is 1.85 bits per heavy atom. The number of carbonyl (C=O) groups is 2. The summed E-state index contributed by atoms with van der Waals surface area (Å²) < 4.78 is 27.1. The van der Waals surface area contributed by atoms with Crippen LogP contribution in [0, 0.1) is 17.6 Å². The van der Waals surface area contributed by atoms with Crippen molar-refractivity contribution in [3.8, 4) is 0 Å². The van der Waals surface area contributed by atoms with Crippen molar-refractivity contribution >= 4 is 23.4 Å². The zero-order valence-corrected chi connectivity index (χ0v) is 16.6. The average Bonchev–Trinajstić information content (AvgIpc) is 2.55. The Labute approximate surface area is 163 Å². The van der Waals surface area contributed by atoms with Gasteiger partial charge in [0.05, 0.1) is 12.1 Å². The fourth-order valence-corrected chi connectivity index (χ4v) is 3.27. The van der Waals surface area contributed by atoms with E-state index in [2.05, 4.69) is 15.5 Å². The fraction of sp³-hybridized carbons (Fsp3) is 0.579. The van der Waals surface area contributed by atoms with E-state index in [1.807, 2.05) is 20.8 Å². The third kappa shape index (κ3) is 6.74. The first-order valence-corrected chi connectivity index (χ1v) is 9.39. The topological polar surface area (TPSA) is 61.4 Å². The van der Waals surface area contributed by atoms with E-state index in [1.165, 1.54) is 0 Å². The number of nitrogens with one attached hydrogen (secondary N) is 2. The molecule has 2 N–H and O–H groups in total. The molecule has 0 aliphatic carbocycles. The Morgan fingerprint density at radius 3 is 2.44 bits per heavy atom. The molecule has 1 heterocycles. The SMILES string of the molecule is CC(C)(C)NC(=O)CN1CCC(CNC(=O)c2cc(Cl)cc(F)c2F)CC1. The predicted octanol–water partition coefficient (Wildman–Crippen LogP) is 2.97. The lowest BCUT2D eigenvalue weighted by Gasteiger charge is -2.32. The van der Waals surface area contributed by atoms with Crippen LogP contribution in [-0.2, 0) is 4.79 Å². The van der Waals surface area contributed by atoms with Gasteiger partial charge in [0.25, 0.3) is 5.91 Å². The molecule has 1 saturated heterocycles. The molecule has 1 aromatic rings. The van der Waals surface area contributed by atoms with E-state index in [4.69, 9.17) is 11.6 Å². The van der Waals surface area contributed by atoms with Crippen molar-refractivity contribution in [3.05, 3.63) is 34.4 Å². The van der Waals surface area contributed by atoms with Crippen LogP contribution in [0.25, 0.3) is 0 Å². The number of carbonyl (C=O) groups excluding carboxylic acids is 2. The molecule has 1 aliphatic rings. The maximum Gasteiger partial charge on any atom is 0.254 e. The van der Waals surface area contributed by atoms with Crippen LogP contribution < -0.4 is 10.6 Å².